The average Bonchev–Trinajstić information content (AvgIpc) is 3.14. The average molecular weight is 632 g/mol. The van der Waals surface area contributed by atoms with Crippen LogP contribution in [0.1, 0.15) is 26.7 Å². The molecule has 220 valence electrons. The Labute approximate surface area is 237 Å². The van der Waals surface area contributed by atoms with Gasteiger partial charge < -0.3 is 25.4 Å². The van der Waals surface area contributed by atoms with Crippen molar-refractivity contribution >= 4 is 59.9 Å². The number of esters is 1. The van der Waals surface area contributed by atoms with Crippen molar-refractivity contribution in [2.45, 2.75) is 50.7 Å². The summed E-state index contributed by atoms with van der Waals surface area (Å²) in [5, 5.41) is 10.3. The van der Waals surface area contributed by atoms with E-state index in [1.54, 1.807) is 9.36 Å². The van der Waals surface area contributed by atoms with E-state index in [1.165, 1.54) is 13.2 Å². The topological polar surface area (TPSA) is 198 Å². The Bertz CT molecular complexity index is 1290. The third-order valence-corrected chi connectivity index (χ3v) is 7.24. The van der Waals surface area contributed by atoms with Crippen LogP contribution in [0.15, 0.2) is 26.8 Å². The highest BCUT2D eigenvalue weighted by Gasteiger charge is 2.15. The van der Waals surface area contributed by atoms with Crippen molar-refractivity contribution in [1.29, 1.82) is 0 Å². The number of carboxylic acids is 1. The minimum Gasteiger partial charge on any atom is -0.480 e. The highest BCUT2D eigenvalue weighted by Crippen LogP contribution is 2.33. The van der Waals surface area contributed by atoms with Gasteiger partial charge in [0.1, 0.15) is 11.5 Å². The summed E-state index contributed by atoms with van der Waals surface area (Å²) in [6.45, 7) is 4.77. The maximum absolute atomic E-state index is 14.3. The molecule has 13 nitrogen and oxygen atoms in total. The number of halogens is 2. The number of methoxy groups -OCH3 is 1. The van der Waals surface area contributed by atoms with Crippen molar-refractivity contribution in [2.75, 3.05) is 25.7 Å². The number of benzene rings is 1. The first-order chi connectivity index (χ1) is 18.1. The van der Waals surface area contributed by atoms with Crippen LogP contribution in [0.2, 0.25) is 5.02 Å². The van der Waals surface area contributed by atoms with Gasteiger partial charge in [0.25, 0.3) is 0 Å². The van der Waals surface area contributed by atoms with Gasteiger partial charge in [-0.25, -0.2) is 14.1 Å². The molecule has 0 aliphatic carbocycles. The first-order valence-electron chi connectivity index (χ1n) is 11.4. The summed E-state index contributed by atoms with van der Waals surface area (Å²) in [4.78, 5) is 54.6. The number of carbonyl (C=O) groups is 2. The first-order valence-corrected chi connectivity index (χ1v) is 15.4. The van der Waals surface area contributed by atoms with Crippen LogP contribution in [-0.2, 0) is 32.0 Å². The van der Waals surface area contributed by atoms with Gasteiger partial charge in [-0.15, -0.1) is 11.8 Å². The van der Waals surface area contributed by atoms with Crippen LogP contribution in [0, 0.1) is 5.82 Å². The van der Waals surface area contributed by atoms with Gasteiger partial charge in [0.2, 0.25) is 4.80 Å². The zero-order valence-corrected chi connectivity index (χ0v) is 24.8. The molecule has 1 aromatic heterocycles. The van der Waals surface area contributed by atoms with E-state index in [9.17, 15) is 23.3 Å². The summed E-state index contributed by atoms with van der Waals surface area (Å²) in [5.41, 5.74) is 5.19. The molecule has 39 heavy (non-hydrogen) atoms. The van der Waals surface area contributed by atoms with Gasteiger partial charge in [-0.1, -0.05) is 25.4 Å². The van der Waals surface area contributed by atoms with Gasteiger partial charge in [0.15, 0.2) is 0 Å². The van der Waals surface area contributed by atoms with Gasteiger partial charge in [0.05, 0.1) is 30.7 Å². The molecule has 0 saturated heterocycles. The van der Waals surface area contributed by atoms with Crippen molar-refractivity contribution in [3.63, 3.8) is 0 Å². The third kappa shape index (κ3) is 13.7. The van der Waals surface area contributed by atoms with Crippen LogP contribution in [0.4, 0.5) is 10.1 Å². The second-order valence-corrected chi connectivity index (χ2v) is 12.2. The number of hydrogen-bond acceptors (Lipinski definition) is 10. The molecule has 1 aliphatic rings. The molecule has 6 N–H and O–H groups in total. The summed E-state index contributed by atoms with van der Waals surface area (Å²) in [7, 11) is -2.80. The molecule has 0 unspecified atom stereocenters. The van der Waals surface area contributed by atoms with Gasteiger partial charge in [-0.05, 0) is 42.4 Å². The second kappa shape index (κ2) is 16.9. The SMILES string of the molecule is CC(C)N.COC(=O)CSc1cc(N=c2sc(=O)n3n2CCCC3)c(F)cc1Cl.O=C(O)CNCP(=O)(O)O. The van der Waals surface area contributed by atoms with Crippen molar-refractivity contribution in [2.24, 2.45) is 10.7 Å². The monoisotopic (exact) mass is 631 g/mol. The van der Waals surface area contributed by atoms with Crippen LogP contribution < -0.4 is 20.7 Å². The van der Waals surface area contributed by atoms with Crippen LogP contribution in [0.3, 0.4) is 0 Å². The van der Waals surface area contributed by atoms with Gasteiger partial charge in [-0.3, -0.25) is 28.9 Å². The Morgan fingerprint density at radius 3 is 2.44 bits per heavy atom. The largest absolute Gasteiger partial charge is 0.480 e. The lowest BCUT2D eigenvalue weighted by atomic mass is 10.3. The molecular formula is C21H32ClFN5O8PS2. The van der Waals surface area contributed by atoms with Crippen molar-refractivity contribution < 1.29 is 38.2 Å². The van der Waals surface area contributed by atoms with E-state index in [-0.39, 0.29) is 21.3 Å². The highest BCUT2D eigenvalue weighted by atomic mass is 35.5. The number of rotatable bonds is 8. The highest BCUT2D eigenvalue weighted by molar-refractivity contribution is 8.00. The lowest BCUT2D eigenvalue weighted by molar-refractivity contribution is -0.137. The number of nitrogens with one attached hydrogen (secondary N) is 1. The number of nitrogens with zero attached hydrogens (tertiary/aromatic N) is 3. The fourth-order valence-corrected chi connectivity index (χ4v) is 5.13. The summed E-state index contributed by atoms with van der Waals surface area (Å²) in [6.07, 6.45) is 1.30. The number of fused-ring (bicyclic) bond motifs is 1. The molecule has 0 bridgehead atoms. The van der Waals surface area contributed by atoms with Crippen LogP contribution in [0.25, 0.3) is 0 Å². The number of aromatic nitrogens is 2. The Morgan fingerprint density at radius 2 is 1.90 bits per heavy atom. The zero-order valence-electron chi connectivity index (χ0n) is 21.5. The first kappa shape index (κ1) is 35.0. The van der Waals surface area contributed by atoms with Gasteiger partial charge in [-0.2, -0.15) is 0 Å². The summed E-state index contributed by atoms with van der Waals surface area (Å²) >= 11 is 8.17. The predicted octanol–water partition coefficient (Wildman–Crippen LogP) is 1.94. The Kier molecular flexibility index (Phi) is 15.2. The van der Waals surface area contributed by atoms with Crippen molar-refractivity contribution in [3.8, 4) is 0 Å². The minimum atomic E-state index is -4.10. The summed E-state index contributed by atoms with van der Waals surface area (Å²) < 4.78 is 32.3. The zero-order chi connectivity index (χ0) is 29.8. The van der Waals surface area contributed by atoms with Crippen molar-refractivity contribution in [3.05, 3.63) is 37.4 Å². The molecule has 0 radical (unpaired) electrons. The molecule has 0 spiro atoms. The minimum absolute atomic E-state index is 0.0605. The molecule has 0 amide bonds. The Hall–Kier alpha value is -2.04. The van der Waals surface area contributed by atoms with Gasteiger partial charge in [0, 0.05) is 18.0 Å². The molecule has 1 aromatic carbocycles. The van der Waals surface area contributed by atoms with Crippen LogP contribution in [0.5, 0.6) is 0 Å². The lowest BCUT2D eigenvalue weighted by Crippen LogP contribution is -2.31. The second-order valence-electron chi connectivity index (χ2n) is 8.20. The standard InChI is InChI=1S/C15H15ClFN3O3S2.C3H8NO5P.C3H9N/c1-23-13(21)8-24-12-7-11(10(17)6-9(12)16)18-14-19-4-2-3-5-20(19)15(22)25-14;5-3(6)1-4-2-10(7,8)9;1-3(2)4/h6-7H,2-5,8H2,1H3;4H,1-2H2,(H,5,6)(H2,7,8,9);3H,4H2,1-2H3. The van der Waals surface area contributed by atoms with Gasteiger partial charge >= 0.3 is 24.4 Å². The number of hydrogen-bond donors (Lipinski definition) is 5. The number of nitrogens with two attached hydrogens (primary N) is 1. The fraction of sp³-hybridized carbons (Fsp3) is 0.524. The Balaban J connectivity index is 0.000000453. The molecule has 18 heteroatoms. The van der Waals surface area contributed by atoms with Crippen molar-refractivity contribution in [1.82, 2.24) is 14.7 Å². The van der Waals surface area contributed by atoms with E-state index >= 15 is 0 Å². The molecule has 0 saturated carbocycles. The molecule has 3 rings (SSSR count). The molecule has 0 fully saturated rings. The normalized spacial score (nSPS) is 13.1. The Morgan fingerprint density at radius 1 is 1.31 bits per heavy atom. The van der Waals surface area contributed by atoms with E-state index in [0.29, 0.717) is 28.8 Å². The molecule has 2 aromatic rings. The maximum atomic E-state index is 14.3. The molecule has 0 atom stereocenters. The number of ether oxygens (including phenoxy) is 1. The summed E-state index contributed by atoms with van der Waals surface area (Å²) in [6, 6.07) is 2.98. The molecular weight excluding hydrogens is 600 g/mol. The quantitative estimate of drug-likeness (QED) is 0.162. The fourth-order valence-electron chi connectivity index (χ4n) is 2.74. The van der Waals surface area contributed by atoms with E-state index < -0.39 is 38.2 Å². The van der Waals surface area contributed by atoms with E-state index in [0.717, 1.165) is 42.0 Å². The smallest absolute Gasteiger partial charge is 0.339 e. The molecule has 1 aliphatic heterocycles. The number of carboxylic acid groups (broad SMARTS) is 1. The van der Waals surface area contributed by atoms with E-state index in [2.05, 4.69) is 15.0 Å². The van der Waals surface area contributed by atoms with E-state index in [1.807, 2.05) is 13.8 Å². The predicted molar refractivity (Wildman–Crippen MR) is 147 cm³/mol. The number of thioether (sulfide) groups is 1. The summed E-state index contributed by atoms with van der Waals surface area (Å²) in [5.74, 6) is -2.07. The number of aliphatic carboxylic acids is 1. The maximum Gasteiger partial charge on any atom is 0.339 e. The van der Waals surface area contributed by atoms with Crippen LogP contribution in [-0.4, -0.2) is 67.9 Å². The number of carbonyl (C=O) groups excluding carboxylic acids is 1. The third-order valence-electron chi connectivity index (χ3n) is 4.28. The van der Waals surface area contributed by atoms with E-state index in [4.69, 9.17) is 32.2 Å². The van der Waals surface area contributed by atoms with Crippen LogP contribution >= 0.6 is 42.3 Å². The lowest BCUT2D eigenvalue weighted by Gasteiger charge is -2.15. The molecule has 2 heterocycles.